The first-order valence-electron chi connectivity index (χ1n) is 14.5. The first kappa shape index (κ1) is 42.7. The summed E-state index contributed by atoms with van der Waals surface area (Å²) < 4.78 is 4.98. The van der Waals surface area contributed by atoms with Gasteiger partial charge in [0.25, 0.3) is 5.91 Å². The molecule has 6 aromatic rings. The third kappa shape index (κ3) is 12.1. The fraction of sp³-hybridized carbons (Fsp3) is 0.243. The average molecular weight is 770 g/mol. The molecule has 6 rings (SSSR count). The van der Waals surface area contributed by atoms with Gasteiger partial charge < -0.3 is 10.4 Å². The van der Waals surface area contributed by atoms with E-state index in [4.69, 9.17) is 5.11 Å². The molecular formula is C37H47Br2N5O3. The number of halogens is 2. The number of carboxylic acids is 1. The molecule has 2 N–H and O–H groups in total. The van der Waals surface area contributed by atoms with Crippen LogP contribution in [0.1, 0.15) is 80.0 Å². The molecule has 0 atom stereocenters. The highest BCUT2D eigenvalue weighted by molar-refractivity contribution is 9.11. The van der Waals surface area contributed by atoms with Gasteiger partial charge in [0, 0.05) is 23.6 Å². The molecule has 8 nitrogen and oxygen atoms in total. The van der Waals surface area contributed by atoms with Crippen molar-refractivity contribution < 1.29 is 14.7 Å². The normalized spacial score (nSPS) is 9.30. The van der Waals surface area contributed by atoms with E-state index in [-0.39, 0.29) is 26.3 Å². The molecule has 0 aliphatic heterocycles. The molecule has 0 saturated carbocycles. The number of anilines is 1. The van der Waals surface area contributed by atoms with Gasteiger partial charge in [-0.1, -0.05) is 85.0 Å². The molecule has 1 amide bonds. The third-order valence-corrected chi connectivity index (χ3v) is 7.50. The molecule has 0 unspecified atom stereocenters. The van der Waals surface area contributed by atoms with Crippen molar-refractivity contribution in [3.05, 3.63) is 134 Å². The number of hydrogen-bond donors (Lipinski definition) is 2. The lowest BCUT2D eigenvalue weighted by Crippen LogP contribution is -2.13. The first-order valence-corrected chi connectivity index (χ1v) is 16.1. The summed E-state index contributed by atoms with van der Waals surface area (Å²) in [5.74, 6) is -1.06. The fourth-order valence-electron chi connectivity index (χ4n) is 3.75. The summed E-state index contributed by atoms with van der Waals surface area (Å²) in [5.41, 5.74) is 7.07. The van der Waals surface area contributed by atoms with Crippen molar-refractivity contribution in [3.8, 4) is 0 Å². The minimum Gasteiger partial charge on any atom is -0.478 e. The third-order valence-electron chi connectivity index (χ3n) is 6.28. The minimum absolute atomic E-state index is 0. The molecule has 4 heterocycles. The van der Waals surface area contributed by atoms with E-state index >= 15 is 0 Å². The molecule has 47 heavy (non-hydrogen) atoms. The second-order valence-electron chi connectivity index (χ2n) is 9.13. The van der Waals surface area contributed by atoms with E-state index in [0.717, 1.165) is 31.2 Å². The maximum Gasteiger partial charge on any atom is 0.335 e. The minimum atomic E-state index is -0.935. The SMILES string of the molecule is C.C.CC.CC.Cc1ccccc1C.Cc1ccccc1NC(=O)c1ccn2ncc(Br)c2c1.O=C(O)c1ccn2ncc(Br)c2c1. The van der Waals surface area contributed by atoms with E-state index in [0.29, 0.717) is 5.56 Å². The smallest absolute Gasteiger partial charge is 0.335 e. The molecule has 2 aromatic carbocycles. The van der Waals surface area contributed by atoms with Crippen molar-refractivity contribution in [2.45, 2.75) is 63.3 Å². The van der Waals surface area contributed by atoms with Gasteiger partial charge in [-0.3, -0.25) is 4.79 Å². The summed E-state index contributed by atoms with van der Waals surface area (Å²) in [6.45, 7) is 14.2. The van der Waals surface area contributed by atoms with Crippen LogP contribution in [0.5, 0.6) is 0 Å². The van der Waals surface area contributed by atoms with E-state index in [1.165, 1.54) is 17.2 Å². The van der Waals surface area contributed by atoms with Crippen molar-refractivity contribution in [2.24, 2.45) is 0 Å². The quantitative estimate of drug-likeness (QED) is 0.187. The van der Waals surface area contributed by atoms with Crippen molar-refractivity contribution in [2.75, 3.05) is 5.32 Å². The first-order chi connectivity index (χ1) is 21.6. The van der Waals surface area contributed by atoms with Gasteiger partial charge in [0.05, 0.1) is 37.9 Å². The predicted octanol–water partition coefficient (Wildman–Crippen LogP) is 11.1. The highest BCUT2D eigenvalue weighted by Gasteiger charge is 2.10. The van der Waals surface area contributed by atoms with Crippen molar-refractivity contribution in [1.82, 2.24) is 19.2 Å². The zero-order chi connectivity index (χ0) is 33.5. The molecule has 252 valence electrons. The molecule has 0 aliphatic rings. The Balaban J connectivity index is 0.000000679. The van der Waals surface area contributed by atoms with Crippen molar-refractivity contribution >= 4 is 60.5 Å². The van der Waals surface area contributed by atoms with Crippen LogP contribution >= 0.6 is 31.9 Å². The van der Waals surface area contributed by atoms with E-state index in [9.17, 15) is 9.59 Å². The Morgan fingerprint density at radius 1 is 0.660 bits per heavy atom. The lowest BCUT2D eigenvalue weighted by Gasteiger charge is -2.08. The van der Waals surface area contributed by atoms with Gasteiger partial charge in [-0.15, -0.1) is 0 Å². The molecule has 0 saturated heterocycles. The molecular weight excluding hydrogens is 722 g/mol. The highest BCUT2D eigenvalue weighted by atomic mass is 79.9. The monoisotopic (exact) mass is 767 g/mol. The number of aromatic nitrogens is 4. The summed E-state index contributed by atoms with van der Waals surface area (Å²) >= 11 is 6.69. The number of nitrogens with one attached hydrogen (secondary N) is 1. The number of pyridine rings is 2. The van der Waals surface area contributed by atoms with Gasteiger partial charge in [0.15, 0.2) is 0 Å². The Kier molecular flexibility index (Phi) is 19.5. The predicted molar refractivity (Wildman–Crippen MR) is 204 cm³/mol. The second kappa shape index (κ2) is 21.5. The zero-order valence-electron chi connectivity index (χ0n) is 26.5. The Bertz CT molecular complexity index is 1830. The van der Waals surface area contributed by atoms with E-state index in [1.54, 1.807) is 46.0 Å². The van der Waals surface area contributed by atoms with Gasteiger partial charge in [-0.2, -0.15) is 10.2 Å². The van der Waals surface area contributed by atoms with Gasteiger partial charge in [0.2, 0.25) is 0 Å². The molecule has 0 bridgehead atoms. The van der Waals surface area contributed by atoms with Crippen molar-refractivity contribution in [3.63, 3.8) is 0 Å². The number of hydrogen-bond acceptors (Lipinski definition) is 4. The van der Waals surface area contributed by atoms with E-state index in [1.807, 2.05) is 65.0 Å². The number of aromatic carboxylic acids is 1. The Morgan fingerprint density at radius 3 is 1.49 bits per heavy atom. The van der Waals surface area contributed by atoms with Gasteiger partial charge in [-0.05, 0) is 99.7 Å². The molecule has 0 spiro atoms. The summed E-state index contributed by atoms with van der Waals surface area (Å²) in [7, 11) is 0. The summed E-state index contributed by atoms with van der Waals surface area (Å²) in [6, 6.07) is 22.7. The summed E-state index contributed by atoms with van der Waals surface area (Å²) in [6.07, 6.45) is 6.72. The lowest BCUT2D eigenvalue weighted by molar-refractivity contribution is 0.0696. The van der Waals surface area contributed by atoms with Crippen molar-refractivity contribution in [1.29, 1.82) is 0 Å². The number of rotatable bonds is 3. The standard InChI is InChI=1S/C15H12BrN3O.C8H5BrN2O2.C8H10.2C2H6.2CH4/c1-10-4-2-3-5-13(10)18-15(20)11-6-7-19-14(8-11)12(16)9-17-19;9-6-4-10-11-2-1-5(8(12)13)3-7(6)11;1-7-5-3-4-6-8(7)2;2*1-2;;/h2-9H,1H3,(H,18,20);1-4H,(H,12,13);3-6H,1-2H3;2*1-2H3;2*1H4. The number of benzene rings is 2. The maximum atomic E-state index is 12.3. The molecule has 4 aromatic heterocycles. The number of carbonyl (C=O) groups is 2. The maximum absolute atomic E-state index is 12.3. The fourth-order valence-corrected chi connectivity index (χ4v) is 4.52. The largest absolute Gasteiger partial charge is 0.478 e. The molecule has 0 fully saturated rings. The number of carbonyl (C=O) groups excluding carboxylic acids is 1. The summed E-state index contributed by atoms with van der Waals surface area (Å²) in [5, 5.41) is 19.8. The van der Waals surface area contributed by atoms with E-state index < -0.39 is 5.97 Å². The van der Waals surface area contributed by atoms with E-state index in [2.05, 4.69) is 85.5 Å². The van der Waals surface area contributed by atoms with Crippen LogP contribution in [0.2, 0.25) is 0 Å². The van der Waals surface area contributed by atoms with Gasteiger partial charge in [-0.25, -0.2) is 13.8 Å². The number of para-hydroxylation sites is 1. The lowest BCUT2D eigenvalue weighted by atomic mass is 10.1. The van der Waals surface area contributed by atoms with Crippen LogP contribution in [-0.2, 0) is 0 Å². The van der Waals surface area contributed by atoms with Gasteiger partial charge in [0.1, 0.15) is 0 Å². The zero-order valence-corrected chi connectivity index (χ0v) is 29.7. The van der Waals surface area contributed by atoms with Crippen LogP contribution in [-0.4, -0.2) is 36.2 Å². The number of nitrogens with zero attached hydrogens (tertiary/aromatic N) is 4. The summed E-state index contributed by atoms with van der Waals surface area (Å²) in [4.78, 5) is 22.9. The second-order valence-corrected chi connectivity index (χ2v) is 10.8. The average Bonchev–Trinajstić information content (AvgIpc) is 3.63. The Hall–Kier alpha value is -4.28. The number of amides is 1. The number of fused-ring (bicyclic) bond motifs is 2. The highest BCUT2D eigenvalue weighted by Crippen LogP contribution is 2.20. The molecule has 0 radical (unpaired) electrons. The van der Waals surface area contributed by atoms with Crippen LogP contribution in [0.3, 0.4) is 0 Å². The van der Waals surface area contributed by atoms with Crippen LogP contribution in [0.25, 0.3) is 11.0 Å². The van der Waals surface area contributed by atoms with Crippen LogP contribution in [0.4, 0.5) is 5.69 Å². The molecule has 10 heteroatoms. The number of carboxylic acid groups (broad SMARTS) is 1. The Labute approximate surface area is 296 Å². The van der Waals surface area contributed by atoms with Crippen LogP contribution < -0.4 is 5.32 Å². The topological polar surface area (TPSA) is 101 Å². The molecule has 0 aliphatic carbocycles. The van der Waals surface area contributed by atoms with Crippen LogP contribution in [0, 0.1) is 20.8 Å². The van der Waals surface area contributed by atoms with Crippen LogP contribution in [0.15, 0.2) is 107 Å². The number of aryl methyl sites for hydroxylation is 3. The van der Waals surface area contributed by atoms with Gasteiger partial charge >= 0.3 is 5.97 Å². The Morgan fingerprint density at radius 2 is 1.06 bits per heavy atom.